The summed E-state index contributed by atoms with van der Waals surface area (Å²) in [5.74, 6) is 2.60. The van der Waals surface area contributed by atoms with E-state index in [9.17, 15) is 8.42 Å². The third-order valence-electron chi connectivity index (χ3n) is 5.33. The smallest absolute Gasteiger partial charge is 0.244 e. The van der Waals surface area contributed by atoms with Crippen molar-refractivity contribution in [2.75, 3.05) is 5.73 Å². The number of sulfonamides is 1. The lowest BCUT2D eigenvalue weighted by Crippen LogP contribution is -2.30. The molecule has 3 fully saturated rings. The van der Waals surface area contributed by atoms with E-state index < -0.39 is 10.0 Å². The quantitative estimate of drug-likeness (QED) is 0.716. The van der Waals surface area contributed by atoms with E-state index in [1.807, 2.05) is 0 Å². The van der Waals surface area contributed by atoms with Crippen molar-refractivity contribution in [2.45, 2.75) is 30.2 Å². The predicted octanol–water partition coefficient (Wildman–Crippen LogP) is 3.12. The fraction of sp³-hybridized carbons (Fsp3) is 0.571. The minimum atomic E-state index is -3.58. The molecule has 0 saturated heterocycles. The second-order valence-electron chi connectivity index (χ2n) is 6.44. The summed E-state index contributed by atoms with van der Waals surface area (Å²) in [4.78, 5) is 0.156. The summed E-state index contributed by atoms with van der Waals surface area (Å²) in [5, 5.41) is 0. The first kappa shape index (κ1) is 14.5. The molecule has 0 spiro atoms. The van der Waals surface area contributed by atoms with E-state index in [0.717, 1.165) is 16.3 Å². The highest BCUT2D eigenvalue weighted by molar-refractivity contribution is 9.11. The number of nitrogen functional groups attached to an aromatic ring is 1. The Kier molecular flexibility index (Phi) is 3.24. The van der Waals surface area contributed by atoms with Crippen LogP contribution in [0.2, 0.25) is 0 Å². The van der Waals surface area contributed by atoms with Crippen molar-refractivity contribution in [3.8, 4) is 0 Å². The third kappa shape index (κ3) is 2.19. The molecule has 7 heteroatoms. The summed E-state index contributed by atoms with van der Waals surface area (Å²) in [6, 6.07) is 3.45. The van der Waals surface area contributed by atoms with Gasteiger partial charge in [-0.1, -0.05) is 15.9 Å². The Morgan fingerprint density at radius 2 is 1.76 bits per heavy atom. The van der Waals surface area contributed by atoms with Crippen molar-refractivity contribution < 1.29 is 8.42 Å². The fourth-order valence-electron chi connectivity index (χ4n) is 4.58. The molecule has 4 nitrogen and oxygen atoms in total. The van der Waals surface area contributed by atoms with Crippen molar-refractivity contribution in [1.29, 1.82) is 0 Å². The van der Waals surface area contributed by atoms with E-state index in [2.05, 4.69) is 36.6 Å². The first-order valence-corrected chi connectivity index (χ1v) is 10.2. The van der Waals surface area contributed by atoms with Crippen LogP contribution in [0.4, 0.5) is 5.69 Å². The molecule has 0 radical (unpaired) electrons. The summed E-state index contributed by atoms with van der Waals surface area (Å²) in [6.07, 6.45) is 3.85. The van der Waals surface area contributed by atoms with Crippen molar-refractivity contribution >= 4 is 47.6 Å². The molecule has 3 N–H and O–H groups in total. The van der Waals surface area contributed by atoms with Gasteiger partial charge in [-0.3, -0.25) is 0 Å². The van der Waals surface area contributed by atoms with E-state index in [-0.39, 0.29) is 16.6 Å². The van der Waals surface area contributed by atoms with Crippen molar-refractivity contribution in [1.82, 2.24) is 4.72 Å². The summed E-state index contributed by atoms with van der Waals surface area (Å²) in [5.41, 5.74) is 6.17. The molecule has 4 unspecified atom stereocenters. The zero-order chi connectivity index (χ0) is 14.9. The van der Waals surface area contributed by atoms with Crippen LogP contribution in [-0.4, -0.2) is 14.5 Å². The second kappa shape index (κ2) is 4.69. The van der Waals surface area contributed by atoms with Gasteiger partial charge in [0.1, 0.15) is 4.90 Å². The van der Waals surface area contributed by atoms with E-state index in [1.54, 1.807) is 12.1 Å². The van der Waals surface area contributed by atoms with Gasteiger partial charge in [0.15, 0.2) is 0 Å². The zero-order valence-corrected chi connectivity index (χ0v) is 15.2. The highest BCUT2D eigenvalue weighted by Gasteiger charge is 2.65. The standard InChI is InChI=1S/C14H16Br2N2O2S/c15-8-4-9(16)14(10(17)5-8)21(19,20)18-13-11-6-1-2-7(3-6)12(11)13/h4-7,11-13,18H,1-3,17H2. The van der Waals surface area contributed by atoms with Crippen LogP contribution in [0.15, 0.2) is 26.0 Å². The van der Waals surface area contributed by atoms with Gasteiger partial charge in [0.2, 0.25) is 10.0 Å². The Bertz CT molecular complexity index is 683. The second-order valence-corrected chi connectivity index (χ2v) is 9.86. The summed E-state index contributed by atoms with van der Waals surface area (Å²) >= 11 is 6.63. The molecule has 1 aromatic carbocycles. The molecule has 4 atom stereocenters. The normalized spacial score (nSPS) is 36.8. The average molecular weight is 436 g/mol. The summed E-state index contributed by atoms with van der Waals surface area (Å²) in [6.45, 7) is 0. The molecule has 0 amide bonds. The number of rotatable bonds is 3. The number of hydrogen-bond acceptors (Lipinski definition) is 3. The van der Waals surface area contributed by atoms with Crippen LogP contribution >= 0.6 is 31.9 Å². The fourth-order valence-corrected chi connectivity index (χ4v) is 7.96. The SMILES string of the molecule is Nc1cc(Br)cc(Br)c1S(=O)(=O)NC1C2C3CCC(C3)C12. The van der Waals surface area contributed by atoms with Crippen LogP contribution in [0, 0.1) is 23.7 Å². The molecule has 2 bridgehead atoms. The highest BCUT2D eigenvalue weighted by atomic mass is 79.9. The van der Waals surface area contributed by atoms with Crippen LogP contribution in [0.5, 0.6) is 0 Å². The molecule has 21 heavy (non-hydrogen) atoms. The zero-order valence-electron chi connectivity index (χ0n) is 11.2. The van der Waals surface area contributed by atoms with Crippen molar-refractivity contribution in [3.63, 3.8) is 0 Å². The van der Waals surface area contributed by atoms with Gasteiger partial charge in [-0.05, 0) is 71.0 Å². The van der Waals surface area contributed by atoms with Crippen molar-refractivity contribution in [2.24, 2.45) is 23.7 Å². The molecular formula is C14H16Br2N2O2S. The lowest BCUT2D eigenvalue weighted by atomic mass is 10.0. The molecule has 1 aromatic rings. The Morgan fingerprint density at radius 1 is 1.14 bits per heavy atom. The monoisotopic (exact) mass is 434 g/mol. The molecule has 3 aliphatic rings. The van der Waals surface area contributed by atoms with Gasteiger partial charge in [-0.2, -0.15) is 0 Å². The summed E-state index contributed by atoms with van der Waals surface area (Å²) < 4.78 is 29.5. The van der Waals surface area contributed by atoms with Crippen LogP contribution in [0.25, 0.3) is 0 Å². The predicted molar refractivity (Wildman–Crippen MR) is 88.2 cm³/mol. The number of nitrogens with two attached hydrogens (primary N) is 1. The van der Waals surface area contributed by atoms with Gasteiger partial charge in [0, 0.05) is 15.0 Å². The van der Waals surface area contributed by atoms with E-state index in [4.69, 9.17) is 5.73 Å². The number of hydrogen-bond donors (Lipinski definition) is 2. The minimum absolute atomic E-state index is 0.121. The Balaban J connectivity index is 1.61. The molecule has 0 aromatic heterocycles. The van der Waals surface area contributed by atoms with Gasteiger partial charge in [-0.25, -0.2) is 13.1 Å². The van der Waals surface area contributed by atoms with Crippen LogP contribution < -0.4 is 10.5 Å². The van der Waals surface area contributed by atoms with E-state index >= 15 is 0 Å². The molecule has 0 heterocycles. The summed E-state index contributed by atoms with van der Waals surface area (Å²) in [7, 11) is -3.58. The topological polar surface area (TPSA) is 72.2 Å². The van der Waals surface area contributed by atoms with Gasteiger partial charge >= 0.3 is 0 Å². The number of halogens is 2. The van der Waals surface area contributed by atoms with E-state index in [0.29, 0.717) is 16.3 Å². The maximum atomic E-state index is 12.7. The first-order chi connectivity index (χ1) is 9.88. The maximum Gasteiger partial charge on any atom is 0.244 e. The minimum Gasteiger partial charge on any atom is -0.398 e. The Hall–Kier alpha value is -0.110. The third-order valence-corrected chi connectivity index (χ3v) is 8.25. The Labute approximate surface area is 141 Å². The molecule has 3 saturated carbocycles. The number of fused-ring (bicyclic) bond motifs is 5. The van der Waals surface area contributed by atoms with Gasteiger partial charge in [0.05, 0.1) is 5.69 Å². The number of nitrogens with one attached hydrogen (secondary N) is 1. The molecular weight excluding hydrogens is 420 g/mol. The molecule has 3 aliphatic carbocycles. The van der Waals surface area contributed by atoms with Crippen molar-refractivity contribution in [3.05, 3.63) is 21.1 Å². The lowest BCUT2D eigenvalue weighted by molar-refractivity contribution is 0.456. The van der Waals surface area contributed by atoms with Crippen LogP contribution in [0.1, 0.15) is 19.3 Å². The Morgan fingerprint density at radius 3 is 2.33 bits per heavy atom. The lowest BCUT2D eigenvalue weighted by Gasteiger charge is -2.14. The van der Waals surface area contributed by atoms with Crippen LogP contribution in [-0.2, 0) is 10.0 Å². The highest BCUT2D eigenvalue weighted by Crippen LogP contribution is 2.65. The van der Waals surface area contributed by atoms with Gasteiger partial charge in [-0.15, -0.1) is 0 Å². The van der Waals surface area contributed by atoms with E-state index in [1.165, 1.54) is 19.3 Å². The number of benzene rings is 1. The van der Waals surface area contributed by atoms with Gasteiger partial charge in [0.25, 0.3) is 0 Å². The number of anilines is 1. The average Bonchev–Trinajstić information content (AvgIpc) is 2.77. The molecule has 114 valence electrons. The molecule has 4 rings (SSSR count). The van der Waals surface area contributed by atoms with Crippen LogP contribution in [0.3, 0.4) is 0 Å². The molecule has 0 aliphatic heterocycles. The largest absolute Gasteiger partial charge is 0.398 e. The maximum absolute atomic E-state index is 12.7. The first-order valence-electron chi connectivity index (χ1n) is 7.15. The van der Waals surface area contributed by atoms with Gasteiger partial charge < -0.3 is 5.73 Å².